The topological polar surface area (TPSA) is 108 Å². The van der Waals surface area contributed by atoms with Crippen LogP contribution in [0.5, 0.6) is 0 Å². The van der Waals surface area contributed by atoms with E-state index in [0.29, 0.717) is 48.8 Å². The zero-order chi connectivity index (χ0) is 20.2. The van der Waals surface area contributed by atoms with Gasteiger partial charge in [0.2, 0.25) is 0 Å². The smallest absolute Gasteiger partial charge is 0.336 e. The largest absolute Gasteiger partial charge is 0.478 e. The van der Waals surface area contributed by atoms with E-state index >= 15 is 0 Å². The number of benzene rings is 1. The second-order valence-electron chi connectivity index (χ2n) is 6.62. The summed E-state index contributed by atoms with van der Waals surface area (Å²) in [5.74, 6) is -1.02. The summed E-state index contributed by atoms with van der Waals surface area (Å²) in [4.78, 5) is 33.3. The molecule has 3 N–H and O–H groups in total. The van der Waals surface area contributed by atoms with E-state index in [1.165, 1.54) is 0 Å². The number of rotatable bonds is 4. The van der Waals surface area contributed by atoms with Gasteiger partial charge < -0.3 is 25.0 Å². The fourth-order valence-corrected chi connectivity index (χ4v) is 3.22. The average Bonchev–Trinajstić information content (AvgIpc) is 3.15. The highest BCUT2D eigenvalue weighted by molar-refractivity contribution is 6.21. The lowest BCUT2D eigenvalue weighted by atomic mass is 10.0. The number of amides is 2. The van der Waals surface area contributed by atoms with Crippen LogP contribution in [-0.4, -0.2) is 58.3 Å². The first-order valence-electron chi connectivity index (χ1n) is 9.23. The third-order valence-corrected chi connectivity index (χ3v) is 4.73. The molecule has 3 aromatic rings. The van der Waals surface area contributed by atoms with Crippen LogP contribution in [-0.2, 0) is 9.53 Å². The first-order chi connectivity index (χ1) is 14.1. The van der Waals surface area contributed by atoms with E-state index in [2.05, 4.69) is 15.3 Å². The lowest BCUT2D eigenvalue weighted by Crippen LogP contribution is -2.43. The fourth-order valence-electron chi connectivity index (χ4n) is 3.22. The van der Waals surface area contributed by atoms with Gasteiger partial charge in [-0.3, -0.25) is 0 Å². The van der Waals surface area contributed by atoms with Crippen LogP contribution in [0.1, 0.15) is 11.1 Å². The molecule has 8 heteroatoms. The number of hydrogen-bond donors (Lipinski definition) is 3. The second kappa shape index (κ2) is 8.15. The molecular weight excluding hydrogens is 372 g/mol. The van der Waals surface area contributed by atoms with Crippen molar-refractivity contribution in [1.29, 1.82) is 0 Å². The van der Waals surface area contributed by atoms with Crippen molar-refractivity contribution in [2.24, 2.45) is 0 Å². The molecule has 0 saturated carbocycles. The van der Waals surface area contributed by atoms with Crippen LogP contribution in [0.4, 0.5) is 10.5 Å². The summed E-state index contributed by atoms with van der Waals surface area (Å²) in [6.07, 6.45) is 4.88. The highest BCUT2D eigenvalue weighted by Crippen LogP contribution is 2.25. The molecule has 0 aliphatic carbocycles. The number of morpholine rings is 1. The van der Waals surface area contributed by atoms with E-state index in [-0.39, 0.29) is 11.6 Å². The Bertz CT molecular complexity index is 1070. The SMILES string of the molecule is O=C(O)C(=Cc1c[nH]c2ncc(NC(=O)N3CCOCC3)cc12)c1ccccc1. The van der Waals surface area contributed by atoms with Gasteiger partial charge in [-0.05, 0) is 17.7 Å². The molecule has 2 amide bonds. The number of carboxylic acids is 1. The van der Waals surface area contributed by atoms with Crippen molar-refractivity contribution in [3.63, 3.8) is 0 Å². The average molecular weight is 392 g/mol. The van der Waals surface area contributed by atoms with Gasteiger partial charge in [0.15, 0.2) is 0 Å². The summed E-state index contributed by atoms with van der Waals surface area (Å²) in [5.41, 5.74) is 2.61. The number of H-pyrrole nitrogens is 1. The Morgan fingerprint density at radius 2 is 1.97 bits per heavy atom. The molecule has 1 saturated heterocycles. The molecule has 0 radical (unpaired) electrons. The van der Waals surface area contributed by atoms with Gasteiger partial charge in [0.25, 0.3) is 0 Å². The Balaban J connectivity index is 1.64. The van der Waals surface area contributed by atoms with E-state index in [1.807, 2.05) is 6.07 Å². The molecule has 1 aliphatic heterocycles. The summed E-state index contributed by atoms with van der Waals surface area (Å²) >= 11 is 0. The number of carbonyl (C=O) groups is 2. The molecule has 29 heavy (non-hydrogen) atoms. The predicted molar refractivity (Wildman–Crippen MR) is 109 cm³/mol. The minimum atomic E-state index is -1.02. The third kappa shape index (κ3) is 4.12. The van der Waals surface area contributed by atoms with Crippen LogP contribution < -0.4 is 5.32 Å². The Kier molecular flexibility index (Phi) is 5.26. The lowest BCUT2D eigenvalue weighted by Gasteiger charge is -2.26. The molecule has 1 fully saturated rings. The van der Waals surface area contributed by atoms with Crippen LogP contribution in [0.2, 0.25) is 0 Å². The van der Waals surface area contributed by atoms with Gasteiger partial charge in [-0.25, -0.2) is 14.6 Å². The number of carbonyl (C=O) groups excluding carboxylic acids is 1. The fraction of sp³-hybridized carbons (Fsp3) is 0.190. The number of nitrogens with zero attached hydrogens (tertiary/aromatic N) is 2. The van der Waals surface area contributed by atoms with E-state index in [9.17, 15) is 14.7 Å². The van der Waals surface area contributed by atoms with Gasteiger partial charge in [-0.2, -0.15) is 0 Å². The van der Waals surface area contributed by atoms with Crippen LogP contribution in [0, 0.1) is 0 Å². The van der Waals surface area contributed by atoms with Crippen LogP contribution in [0.25, 0.3) is 22.7 Å². The van der Waals surface area contributed by atoms with Crippen molar-refractivity contribution in [1.82, 2.24) is 14.9 Å². The van der Waals surface area contributed by atoms with Gasteiger partial charge in [0.1, 0.15) is 5.65 Å². The second-order valence-corrected chi connectivity index (χ2v) is 6.62. The Hall–Kier alpha value is -3.65. The molecule has 1 aromatic carbocycles. The monoisotopic (exact) mass is 392 g/mol. The maximum absolute atomic E-state index is 12.4. The minimum absolute atomic E-state index is 0.175. The van der Waals surface area contributed by atoms with E-state index in [0.717, 1.165) is 5.39 Å². The number of aromatic nitrogens is 2. The highest BCUT2D eigenvalue weighted by Gasteiger charge is 2.17. The molecule has 0 bridgehead atoms. The number of aromatic amines is 1. The lowest BCUT2D eigenvalue weighted by molar-refractivity contribution is -0.130. The summed E-state index contributed by atoms with van der Waals surface area (Å²) in [7, 11) is 0. The van der Waals surface area contributed by atoms with E-state index in [1.54, 1.807) is 53.7 Å². The number of aliphatic carboxylic acids is 1. The van der Waals surface area contributed by atoms with Crippen LogP contribution >= 0.6 is 0 Å². The van der Waals surface area contributed by atoms with E-state index in [4.69, 9.17) is 4.74 Å². The highest BCUT2D eigenvalue weighted by atomic mass is 16.5. The standard InChI is InChI=1S/C21H20N4O4/c26-20(27)18(14-4-2-1-3-5-14)10-15-12-22-19-17(15)11-16(13-23-19)24-21(28)25-6-8-29-9-7-25/h1-5,10-13H,6-9H2,(H,22,23)(H,24,28)(H,26,27). The minimum Gasteiger partial charge on any atom is -0.478 e. The zero-order valence-corrected chi connectivity index (χ0v) is 15.6. The summed E-state index contributed by atoms with van der Waals surface area (Å²) < 4.78 is 5.26. The third-order valence-electron chi connectivity index (χ3n) is 4.73. The van der Waals surface area contributed by atoms with Gasteiger partial charge >= 0.3 is 12.0 Å². The summed E-state index contributed by atoms with van der Waals surface area (Å²) in [5, 5.41) is 13.2. The summed E-state index contributed by atoms with van der Waals surface area (Å²) in [6.45, 7) is 2.13. The van der Waals surface area contributed by atoms with Crippen molar-refractivity contribution >= 4 is 40.4 Å². The molecule has 8 nitrogen and oxygen atoms in total. The molecule has 0 unspecified atom stereocenters. The molecule has 2 aromatic heterocycles. The van der Waals surface area contributed by atoms with Crippen molar-refractivity contribution in [2.45, 2.75) is 0 Å². The van der Waals surface area contributed by atoms with Crippen molar-refractivity contribution in [2.75, 3.05) is 31.6 Å². The molecule has 3 heterocycles. The predicted octanol–water partition coefficient (Wildman–Crippen LogP) is 3.05. The Labute approximate surface area is 166 Å². The number of anilines is 1. The molecule has 0 spiro atoms. The number of carboxylic acid groups (broad SMARTS) is 1. The zero-order valence-electron chi connectivity index (χ0n) is 15.6. The van der Waals surface area contributed by atoms with Gasteiger partial charge in [-0.15, -0.1) is 0 Å². The van der Waals surface area contributed by atoms with Crippen molar-refractivity contribution in [3.8, 4) is 0 Å². The summed E-state index contributed by atoms with van der Waals surface area (Å²) in [6, 6.07) is 10.5. The molecule has 148 valence electrons. The molecular formula is C21H20N4O4. The quantitative estimate of drug-likeness (QED) is 0.592. The molecule has 4 rings (SSSR count). The number of pyridine rings is 1. The molecule has 1 aliphatic rings. The van der Waals surface area contributed by atoms with Crippen molar-refractivity contribution < 1.29 is 19.4 Å². The van der Waals surface area contributed by atoms with Crippen molar-refractivity contribution in [3.05, 3.63) is 59.9 Å². The first-order valence-corrected chi connectivity index (χ1v) is 9.23. The number of nitrogens with one attached hydrogen (secondary N) is 2. The number of urea groups is 1. The van der Waals surface area contributed by atoms with E-state index < -0.39 is 5.97 Å². The Morgan fingerprint density at radius 3 is 2.69 bits per heavy atom. The van der Waals surface area contributed by atoms with Crippen LogP contribution in [0.15, 0.2) is 48.8 Å². The maximum Gasteiger partial charge on any atom is 0.336 e. The maximum atomic E-state index is 12.4. The molecule has 0 atom stereocenters. The number of ether oxygens (including phenoxy) is 1. The Morgan fingerprint density at radius 1 is 1.21 bits per heavy atom. The number of fused-ring (bicyclic) bond motifs is 1. The van der Waals surface area contributed by atoms with Gasteiger partial charge in [0, 0.05) is 30.2 Å². The van der Waals surface area contributed by atoms with Gasteiger partial charge in [0.05, 0.1) is 30.7 Å². The van der Waals surface area contributed by atoms with Gasteiger partial charge in [-0.1, -0.05) is 30.3 Å². The number of hydrogen-bond acceptors (Lipinski definition) is 4. The first kappa shape index (κ1) is 18.7. The normalized spacial score (nSPS) is 14.8. The van der Waals surface area contributed by atoms with Crippen LogP contribution in [0.3, 0.4) is 0 Å².